The Balaban J connectivity index is 1.95. The molecule has 0 aliphatic carbocycles. The SMILES string of the molecule is C#CCNS(=O)(=O)c1cccc(C(=O)OCCOc2c(Cl)cccc2Cl)c1. The van der Waals surface area contributed by atoms with Crippen LogP contribution in [-0.4, -0.2) is 34.1 Å². The van der Waals surface area contributed by atoms with Crippen LogP contribution in [0.25, 0.3) is 0 Å². The number of rotatable bonds is 8. The van der Waals surface area contributed by atoms with E-state index in [9.17, 15) is 13.2 Å². The molecule has 2 aromatic carbocycles. The quantitative estimate of drug-likeness (QED) is 0.397. The first-order valence-corrected chi connectivity index (χ1v) is 9.86. The molecule has 27 heavy (non-hydrogen) atoms. The van der Waals surface area contributed by atoms with E-state index in [2.05, 4.69) is 10.6 Å². The monoisotopic (exact) mass is 427 g/mol. The van der Waals surface area contributed by atoms with Crippen molar-refractivity contribution in [2.24, 2.45) is 0 Å². The second kappa shape index (κ2) is 9.62. The van der Waals surface area contributed by atoms with Gasteiger partial charge in [0.25, 0.3) is 0 Å². The molecule has 0 aromatic heterocycles. The maximum absolute atomic E-state index is 12.1. The maximum Gasteiger partial charge on any atom is 0.338 e. The van der Waals surface area contributed by atoms with Gasteiger partial charge in [-0.05, 0) is 30.3 Å². The van der Waals surface area contributed by atoms with Crippen molar-refractivity contribution in [2.75, 3.05) is 19.8 Å². The zero-order chi connectivity index (χ0) is 19.9. The molecule has 0 saturated carbocycles. The molecule has 0 heterocycles. The van der Waals surface area contributed by atoms with Crippen molar-refractivity contribution >= 4 is 39.2 Å². The van der Waals surface area contributed by atoms with Crippen LogP contribution in [0.1, 0.15) is 10.4 Å². The summed E-state index contributed by atoms with van der Waals surface area (Å²) in [6.07, 6.45) is 5.04. The van der Waals surface area contributed by atoms with Gasteiger partial charge >= 0.3 is 5.97 Å². The fourth-order valence-corrected chi connectivity index (χ4v) is 3.48. The van der Waals surface area contributed by atoms with E-state index in [-0.39, 0.29) is 30.2 Å². The molecular formula is C18H15Cl2NO5S. The minimum Gasteiger partial charge on any atom is -0.487 e. The highest BCUT2D eigenvalue weighted by molar-refractivity contribution is 7.89. The number of benzene rings is 2. The van der Waals surface area contributed by atoms with E-state index in [0.29, 0.717) is 15.8 Å². The average molecular weight is 428 g/mol. The minimum atomic E-state index is -3.80. The highest BCUT2D eigenvalue weighted by atomic mass is 35.5. The average Bonchev–Trinajstić information content (AvgIpc) is 2.65. The Morgan fingerprint density at radius 1 is 1.11 bits per heavy atom. The summed E-state index contributed by atoms with van der Waals surface area (Å²) in [7, 11) is -3.80. The molecule has 0 fully saturated rings. The van der Waals surface area contributed by atoms with Crippen molar-refractivity contribution in [3.8, 4) is 18.1 Å². The van der Waals surface area contributed by atoms with Crippen LogP contribution < -0.4 is 9.46 Å². The number of hydrogen-bond acceptors (Lipinski definition) is 5. The normalized spacial score (nSPS) is 10.9. The largest absolute Gasteiger partial charge is 0.487 e. The third-order valence-electron chi connectivity index (χ3n) is 3.23. The lowest BCUT2D eigenvalue weighted by Crippen LogP contribution is -2.24. The van der Waals surface area contributed by atoms with Gasteiger partial charge in [0.15, 0.2) is 5.75 Å². The van der Waals surface area contributed by atoms with Gasteiger partial charge in [-0.25, -0.2) is 13.2 Å². The Morgan fingerprint density at radius 3 is 2.44 bits per heavy atom. The number of carbonyl (C=O) groups is 1. The number of para-hydroxylation sites is 1. The van der Waals surface area contributed by atoms with E-state index >= 15 is 0 Å². The molecule has 0 aliphatic heterocycles. The van der Waals surface area contributed by atoms with Crippen molar-refractivity contribution in [3.63, 3.8) is 0 Å². The summed E-state index contributed by atoms with van der Waals surface area (Å²) in [6, 6.07) is 10.3. The summed E-state index contributed by atoms with van der Waals surface area (Å²) in [5.74, 6) is 1.77. The molecule has 2 aromatic rings. The molecule has 142 valence electrons. The van der Waals surface area contributed by atoms with E-state index in [1.54, 1.807) is 18.2 Å². The van der Waals surface area contributed by atoms with Crippen molar-refractivity contribution in [2.45, 2.75) is 4.90 Å². The predicted molar refractivity (Wildman–Crippen MR) is 103 cm³/mol. The molecule has 0 unspecified atom stereocenters. The van der Waals surface area contributed by atoms with Gasteiger partial charge < -0.3 is 9.47 Å². The Hall–Kier alpha value is -2.24. The van der Waals surface area contributed by atoms with Gasteiger partial charge in [0.2, 0.25) is 10.0 Å². The van der Waals surface area contributed by atoms with Crippen LogP contribution in [0.2, 0.25) is 10.0 Å². The number of carbonyl (C=O) groups excluding carboxylic acids is 1. The Labute approximate surface area is 167 Å². The second-order valence-corrected chi connectivity index (χ2v) is 7.67. The Bertz CT molecular complexity index is 950. The summed E-state index contributed by atoms with van der Waals surface area (Å²) in [4.78, 5) is 12.0. The van der Waals surface area contributed by atoms with Gasteiger partial charge in [-0.15, -0.1) is 6.42 Å². The topological polar surface area (TPSA) is 81.7 Å². The minimum absolute atomic E-state index is 0.0247. The van der Waals surface area contributed by atoms with Gasteiger partial charge in [0.05, 0.1) is 27.0 Å². The van der Waals surface area contributed by atoms with E-state index in [4.69, 9.17) is 39.1 Å². The zero-order valence-electron chi connectivity index (χ0n) is 13.9. The number of ether oxygens (including phenoxy) is 2. The van der Waals surface area contributed by atoms with E-state index in [0.717, 1.165) is 0 Å². The lowest BCUT2D eigenvalue weighted by atomic mass is 10.2. The summed E-state index contributed by atoms with van der Waals surface area (Å²) in [6.45, 7) is -0.206. The fraction of sp³-hybridized carbons (Fsp3) is 0.167. The molecule has 9 heteroatoms. The van der Waals surface area contributed by atoms with Crippen LogP contribution in [0.4, 0.5) is 0 Å². The smallest absolute Gasteiger partial charge is 0.338 e. The molecule has 2 rings (SSSR count). The molecule has 0 atom stereocenters. The Morgan fingerprint density at radius 2 is 1.78 bits per heavy atom. The molecule has 0 spiro atoms. The lowest BCUT2D eigenvalue weighted by molar-refractivity contribution is 0.0450. The highest BCUT2D eigenvalue weighted by Crippen LogP contribution is 2.32. The standard InChI is InChI=1S/C18H15Cl2NO5S/c1-2-9-21-27(23,24)14-6-3-5-13(12-14)18(22)26-11-10-25-17-15(19)7-4-8-16(17)20/h1,3-8,12,21H,9-11H2. The summed E-state index contributed by atoms with van der Waals surface area (Å²) in [5.41, 5.74) is 0.0781. The predicted octanol–water partition coefficient (Wildman–Crippen LogP) is 3.14. The van der Waals surface area contributed by atoms with Crippen molar-refractivity contribution in [3.05, 3.63) is 58.1 Å². The van der Waals surface area contributed by atoms with Crippen molar-refractivity contribution in [1.82, 2.24) is 4.72 Å². The number of terminal acetylenes is 1. The third kappa shape index (κ3) is 5.88. The third-order valence-corrected chi connectivity index (χ3v) is 5.22. The number of halogens is 2. The van der Waals surface area contributed by atoms with Gasteiger partial charge in [-0.3, -0.25) is 0 Å². The van der Waals surface area contributed by atoms with Crippen LogP contribution in [0.5, 0.6) is 5.75 Å². The molecule has 0 amide bonds. The zero-order valence-corrected chi connectivity index (χ0v) is 16.3. The van der Waals surface area contributed by atoms with Crippen LogP contribution in [0.3, 0.4) is 0 Å². The van der Waals surface area contributed by atoms with Crippen LogP contribution in [0.15, 0.2) is 47.4 Å². The van der Waals surface area contributed by atoms with Gasteiger partial charge in [0.1, 0.15) is 13.2 Å². The summed E-state index contributed by atoms with van der Waals surface area (Å²) < 4.78 is 36.8. The molecule has 1 N–H and O–H groups in total. The van der Waals surface area contributed by atoms with Gasteiger partial charge in [0, 0.05) is 0 Å². The van der Waals surface area contributed by atoms with Gasteiger partial charge in [-0.2, -0.15) is 4.72 Å². The number of sulfonamides is 1. The molecule has 0 bridgehead atoms. The summed E-state index contributed by atoms with van der Waals surface area (Å²) in [5, 5.41) is 0.678. The van der Waals surface area contributed by atoms with E-state index in [1.807, 2.05) is 0 Å². The van der Waals surface area contributed by atoms with E-state index < -0.39 is 16.0 Å². The highest BCUT2D eigenvalue weighted by Gasteiger charge is 2.16. The first-order valence-electron chi connectivity index (χ1n) is 7.62. The molecule has 0 saturated heterocycles. The number of hydrogen-bond donors (Lipinski definition) is 1. The molecule has 0 radical (unpaired) electrons. The Kier molecular flexibility index (Phi) is 7.51. The first-order chi connectivity index (χ1) is 12.8. The van der Waals surface area contributed by atoms with Crippen molar-refractivity contribution in [1.29, 1.82) is 0 Å². The van der Waals surface area contributed by atoms with E-state index in [1.165, 1.54) is 24.3 Å². The first kappa shape index (κ1) is 21.1. The van der Waals surface area contributed by atoms with Crippen LogP contribution in [0, 0.1) is 12.3 Å². The second-order valence-electron chi connectivity index (χ2n) is 5.09. The van der Waals surface area contributed by atoms with Crippen molar-refractivity contribution < 1.29 is 22.7 Å². The number of esters is 1. The van der Waals surface area contributed by atoms with Crippen LogP contribution in [-0.2, 0) is 14.8 Å². The molecular weight excluding hydrogens is 413 g/mol. The molecule has 0 aliphatic rings. The fourth-order valence-electron chi connectivity index (χ4n) is 1.99. The maximum atomic E-state index is 12.1. The molecule has 6 nitrogen and oxygen atoms in total. The van der Waals surface area contributed by atoms with Crippen LogP contribution >= 0.6 is 23.2 Å². The lowest BCUT2D eigenvalue weighted by Gasteiger charge is -2.10. The number of nitrogens with one attached hydrogen (secondary N) is 1. The van der Waals surface area contributed by atoms with Gasteiger partial charge in [-0.1, -0.05) is 41.3 Å². The summed E-state index contributed by atoms with van der Waals surface area (Å²) >= 11 is 11.9.